The Labute approximate surface area is 101 Å². The van der Waals surface area contributed by atoms with Crippen molar-refractivity contribution in [3.63, 3.8) is 0 Å². The first kappa shape index (κ1) is 13.9. The minimum Gasteiger partial charge on any atom is -0.389 e. The number of methoxy groups -OCH3 is 1. The number of nitrogens with one attached hydrogen (secondary N) is 1. The molecule has 1 saturated heterocycles. The summed E-state index contributed by atoms with van der Waals surface area (Å²) >= 11 is 0. The molecule has 17 heavy (non-hydrogen) atoms. The lowest BCUT2D eigenvalue weighted by molar-refractivity contribution is -0.133. The third-order valence-electron chi connectivity index (χ3n) is 2.85. The van der Waals surface area contributed by atoms with E-state index in [1.54, 1.807) is 0 Å². The van der Waals surface area contributed by atoms with E-state index in [2.05, 4.69) is 11.4 Å². The van der Waals surface area contributed by atoms with Crippen molar-refractivity contribution in [1.29, 1.82) is 5.26 Å². The van der Waals surface area contributed by atoms with Gasteiger partial charge in [0.1, 0.15) is 5.41 Å². The summed E-state index contributed by atoms with van der Waals surface area (Å²) in [5, 5.41) is 21.1. The third kappa shape index (κ3) is 3.66. The second-order valence-electron chi connectivity index (χ2n) is 4.13. The van der Waals surface area contributed by atoms with Crippen molar-refractivity contribution in [3.8, 4) is 6.07 Å². The highest BCUT2D eigenvalue weighted by molar-refractivity contribution is 5.85. The molecule has 1 fully saturated rings. The Kier molecular flexibility index (Phi) is 5.35. The van der Waals surface area contributed by atoms with Crippen LogP contribution < -0.4 is 5.32 Å². The van der Waals surface area contributed by atoms with Gasteiger partial charge in [-0.2, -0.15) is 5.26 Å². The largest absolute Gasteiger partial charge is 0.389 e. The van der Waals surface area contributed by atoms with Gasteiger partial charge in [-0.15, -0.1) is 0 Å². The van der Waals surface area contributed by atoms with E-state index >= 15 is 0 Å². The molecular formula is C11H18N2O4. The van der Waals surface area contributed by atoms with Crippen LogP contribution in [0.3, 0.4) is 0 Å². The summed E-state index contributed by atoms with van der Waals surface area (Å²) in [6, 6.07) is 2.07. The number of hydrogen-bond acceptors (Lipinski definition) is 5. The zero-order valence-electron chi connectivity index (χ0n) is 9.94. The molecule has 0 aliphatic carbocycles. The number of ether oxygens (including phenoxy) is 2. The Morgan fingerprint density at radius 1 is 1.65 bits per heavy atom. The fourth-order valence-electron chi connectivity index (χ4n) is 1.74. The van der Waals surface area contributed by atoms with Gasteiger partial charge in [0.2, 0.25) is 5.91 Å². The van der Waals surface area contributed by atoms with Crippen LogP contribution in [0, 0.1) is 16.7 Å². The molecule has 1 rings (SSSR count). The lowest BCUT2D eigenvalue weighted by Crippen LogP contribution is -2.46. The molecule has 0 saturated carbocycles. The molecule has 0 aromatic rings. The molecule has 0 radical (unpaired) electrons. The third-order valence-corrected chi connectivity index (χ3v) is 2.85. The quantitative estimate of drug-likeness (QED) is 0.673. The van der Waals surface area contributed by atoms with Gasteiger partial charge in [-0.3, -0.25) is 4.79 Å². The summed E-state index contributed by atoms with van der Waals surface area (Å²) < 4.78 is 9.89. The Balaban J connectivity index is 2.47. The standard InChI is InChI=1S/C11H18N2O4/c1-16-7-9(14)6-13-10(15)11(8-12)2-4-17-5-3-11/h9,14H,2-7H2,1H3,(H,13,15). The number of hydrogen-bond donors (Lipinski definition) is 2. The minimum atomic E-state index is -1.01. The summed E-state index contributed by atoms with van der Waals surface area (Å²) in [7, 11) is 1.47. The molecule has 1 amide bonds. The Morgan fingerprint density at radius 2 is 2.29 bits per heavy atom. The number of nitriles is 1. The molecule has 1 aliphatic rings. The van der Waals surface area contributed by atoms with Crippen LogP contribution in [0.1, 0.15) is 12.8 Å². The molecule has 1 heterocycles. The maximum Gasteiger partial charge on any atom is 0.240 e. The monoisotopic (exact) mass is 242 g/mol. The van der Waals surface area contributed by atoms with Crippen molar-refractivity contribution in [1.82, 2.24) is 5.32 Å². The van der Waals surface area contributed by atoms with E-state index in [9.17, 15) is 9.90 Å². The molecule has 0 aromatic heterocycles. The lowest BCUT2D eigenvalue weighted by Gasteiger charge is -2.29. The van der Waals surface area contributed by atoms with Gasteiger partial charge in [-0.05, 0) is 12.8 Å². The fourth-order valence-corrected chi connectivity index (χ4v) is 1.74. The van der Waals surface area contributed by atoms with Crippen molar-refractivity contribution >= 4 is 5.91 Å². The summed E-state index contributed by atoms with van der Waals surface area (Å²) in [6.45, 7) is 1.09. The number of rotatable bonds is 5. The van der Waals surface area contributed by atoms with Crippen molar-refractivity contribution < 1.29 is 19.4 Å². The molecule has 1 aliphatic heterocycles. The SMILES string of the molecule is COCC(O)CNC(=O)C1(C#N)CCOCC1. The van der Waals surface area contributed by atoms with Crippen LogP contribution in [0.2, 0.25) is 0 Å². The van der Waals surface area contributed by atoms with Crippen LogP contribution in [0.15, 0.2) is 0 Å². The van der Waals surface area contributed by atoms with Crippen molar-refractivity contribution in [2.45, 2.75) is 18.9 Å². The number of nitrogens with zero attached hydrogens (tertiary/aromatic N) is 1. The molecule has 2 N–H and O–H groups in total. The maximum absolute atomic E-state index is 11.9. The van der Waals surface area contributed by atoms with E-state index in [0.717, 1.165) is 0 Å². The molecule has 0 aromatic carbocycles. The number of carbonyl (C=O) groups is 1. The number of aliphatic hydroxyl groups is 1. The first-order chi connectivity index (χ1) is 8.14. The molecule has 6 heteroatoms. The second-order valence-corrected chi connectivity index (χ2v) is 4.13. The van der Waals surface area contributed by atoms with Crippen molar-refractivity contribution in [3.05, 3.63) is 0 Å². The van der Waals surface area contributed by atoms with Gasteiger partial charge < -0.3 is 19.9 Å². The van der Waals surface area contributed by atoms with E-state index in [1.165, 1.54) is 7.11 Å². The van der Waals surface area contributed by atoms with Gasteiger partial charge >= 0.3 is 0 Å². The van der Waals surface area contributed by atoms with E-state index in [4.69, 9.17) is 14.7 Å². The zero-order chi connectivity index (χ0) is 12.7. The Bertz CT molecular complexity index is 294. The van der Waals surface area contributed by atoms with E-state index in [-0.39, 0.29) is 19.1 Å². The smallest absolute Gasteiger partial charge is 0.240 e. The molecular weight excluding hydrogens is 224 g/mol. The van der Waals surface area contributed by atoms with Crippen molar-refractivity contribution in [2.24, 2.45) is 5.41 Å². The summed E-state index contributed by atoms with van der Waals surface area (Å²) in [4.78, 5) is 11.9. The molecule has 1 atom stereocenters. The zero-order valence-corrected chi connectivity index (χ0v) is 9.94. The molecule has 0 bridgehead atoms. The lowest BCUT2D eigenvalue weighted by atomic mass is 9.81. The fraction of sp³-hybridized carbons (Fsp3) is 0.818. The molecule has 0 spiro atoms. The van der Waals surface area contributed by atoms with Gasteiger partial charge in [0.25, 0.3) is 0 Å². The molecule has 96 valence electrons. The summed E-state index contributed by atoms with van der Waals surface area (Å²) in [5.74, 6) is -0.335. The first-order valence-corrected chi connectivity index (χ1v) is 5.59. The van der Waals surface area contributed by atoms with Crippen LogP contribution in [0.25, 0.3) is 0 Å². The normalized spacial score (nSPS) is 20.3. The van der Waals surface area contributed by atoms with Crippen molar-refractivity contribution in [2.75, 3.05) is 33.5 Å². The van der Waals surface area contributed by atoms with Gasteiger partial charge in [-0.25, -0.2) is 0 Å². The number of carbonyl (C=O) groups excluding carboxylic acids is 1. The molecule has 6 nitrogen and oxygen atoms in total. The van der Waals surface area contributed by atoms with E-state index in [0.29, 0.717) is 26.1 Å². The van der Waals surface area contributed by atoms with Crippen LogP contribution in [-0.4, -0.2) is 50.6 Å². The first-order valence-electron chi connectivity index (χ1n) is 5.59. The molecule has 1 unspecified atom stereocenters. The number of aliphatic hydroxyl groups excluding tert-OH is 1. The highest BCUT2D eigenvalue weighted by Crippen LogP contribution is 2.29. The van der Waals surface area contributed by atoms with Crippen LogP contribution in [0.4, 0.5) is 0 Å². The minimum absolute atomic E-state index is 0.0942. The Hall–Kier alpha value is -1.16. The van der Waals surface area contributed by atoms with Gasteiger partial charge in [0.15, 0.2) is 0 Å². The highest BCUT2D eigenvalue weighted by Gasteiger charge is 2.40. The highest BCUT2D eigenvalue weighted by atomic mass is 16.5. The topological polar surface area (TPSA) is 91.6 Å². The summed E-state index contributed by atoms with van der Waals surface area (Å²) in [5.41, 5.74) is -1.01. The van der Waals surface area contributed by atoms with Crippen LogP contribution in [0.5, 0.6) is 0 Å². The predicted octanol–water partition coefficient (Wildman–Crippen LogP) is -0.570. The van der Waals surface area contributed by atoms with Crippen LogP contribution >= 0.6 is 0 Å². The second kappa shape index (κ2) is 6.55. The number of amides is 1. The predicted molar refractivity (Wildman–Crippen MR) is 59.0 cm³/mol. The maximum atomic E-state index is 11.9. The van der Waals surface area contributed by atoms with E-state index in [1.807, 2.05) is 0 Å². The average molecular weight is 242 g/mol. The van der Waals surface area contributed by atoms with Gasteiger partial charge in [-0.1, -0.05) is 0 Å². The van der Waals surface area contributed by atoms with E-state index < -0.39 is 11.5 Å². The van der Waals surface area contributed by atoms with Gasteiger partial charge in [0, 0.05) is 26.9 Å². The summed E-state index contributed by atoms with van der Waals surface area (Å²) in [6.07, 6.45) is 0.0466. The Morgan fingerprint density at radius 3 is 2.82 bits per heavy atom. The average Bonchev–Trinajstić information content (AvgIpc) is 2.37. The van der Waals surface area contributed by atoms with Gasteiger partial charge in [0.05, 0.1) is 18.8 Å². The van der Waals surface area contributed by atoms with Crippen LogP contribution in [-0.2, 0) is 14.3 Å².